The lowest BCUT2D eigenvalue weighted by Crippen LogP contribution is -2.28. The maximum atomic E-state index is 12.6. The van der Waals surface area contributed by atoms with Crippen molar-refractivity contribution in [2.45, 2.75) is 58.3 Å². The van der Waals surface area contributed by atoms with Gasteiger partial charge >= 0.3 is 0 Å². The van der Waals surface area contributed by atoms with Gasteiger partial charge in [0.05, 0.1) is 12.0 Å². The van der Waals surface area contributed by atoms with Crippen molar-refractivity contribution >= 4 is 47.4 Å². The molecule has 0 bridgehead atoms. The monoisotopic (exact) mass is 453 g/mol. The maximum Gasteiger partial charge on any atom is 0.229 e. The lowest BCUT2D eigenvalue weighted by Gasteiger charge is -2.28. The van der Waals surface area contributed by atoms with Gasteiger partial charge in [-0.05, 0) is 38.5 Å². The van der Waals surface area contributed by atoms with E-state index in [-0.39, 0.29) is 17.9 Å². The van der Waals surface area contributed by atoms with E-state index in [1.165, 1.54) is 11.3 Å². The fourth-order valence-corrected chi connectivity index (χ4v) is 4.92. The number of aryl methyl sites for hydroxylation is 1. The fraction of sp³-hybridized carbons (Fsp3) is 0.476. The number of thiazole rings is 1. The number of hydrogen-bond acceptors (Lipinski definition) is 7. The van der Waals surface area contributed by atoms with E-state index < -0.39 is 8.07 Å². The topological polar surface area (TPSA) is 112 Å². The van der Waals surface area contributed by atoms with Crippen LogP contribution in [0.5, 0.6) is 0 Å². The number of rotatable bonds is 3. The first-order chi connectivity index (χ1) is 14.7. The highest BCUT2D eigenvalue weighted by molar-refractivity contribution is 7.13. The molecule has 3 aromatic rings. The SMILES string of the molecule is Cc1csc(NC(=O)C2CCC(n3cnc4c(N)nc(C#C[Si](C)(C)C)nc43)CC2)n1. The van der Waals surface area contributed by atoms with Crippen molar-refractivity contribution in [3.8, 4) is 11.5 Å². The minimum Gasteiger partial charge on any atom is -0.382 e. The zero-order valence-corrected chi connectivity index (χ0v) is 20.1. The molecule has 1 saturated carbocycles. The van der Waals surface area contributed by atoms with Gasteiger partial charge in [-0.25, -0.2) is 19.9 Å². The van der Waals surface area contributed by atoms with Crippen LogP contribution in [0.25, 0.3) is 11.2 Å². The lowest BCUT2D eigenvalue weighted by molar-refractivity contribution is -0.120. The number of carbonyl (C=O) groups is 1. The lowest BCUT2D eigenvalue weighted by atomic mass is 9.85. The molecule has 0 spiro atoms. The number of nitrogens with zero attached hydrogens (tertiary/aromatic N) is 5. The van der Waals surface area contributed by atoms with Crippen molar-refractivity contribution < 1.29 is 4.79 Å². The molecule has 0 aliphatic heterocycles. The number of carbonyl (C=O) groups excluding carboxylic acids is 1. The number of imidazole rings is 1. The molecular weight excluding hydrogens is 426 g/mol. The van der Waals surface area contributed by atoms with Gasteiger partial charge in [-0.3, -0.25) is 4.79 Å². The number of aromatic nitrogens is 5. The Balaban J connectivity index is 1.49. The van der Waals surface area contributed by atoms with Crippen LogP contribution in [0.3, 0.4) is 0 Å². The molecule has 0 saturated heterocycles. The molecule has 1 amide bonds. The second kappa shape index (κ2) is 8.40. The summed E-state index contributed by atoms with van der Waals surface area (Å²) in [5.41, 5.74) is 11.7. The summed E-state index contributed by atoms with van der Waals surface area (Å²) in [6.45, 7) is 8.45. The van der Waals surface area contributed by atoms with E-state index in [2.05, 4.69) is 60.9 Å². The van der Waals surface area contributed by atoms with Crippen molar-refractivity contribution in [2.75, 3.05) is 11.1 Å². The van der Waals surface area contributed by atoms with Gasteiger partial charge in [0, 0.05) is 17.3 Å². The van der Waals surface area contributed by atoms with Crippen molar-refractivity contribution in [1.29, 1.82) is 0 Å². The van der Waals surface area contributed by atoms with E-state index in [1.807, 2.05) is 12.3 Å². The van der Waals surface area contributed by atoms with Crippen LogP contribution in [0.15, 0.2) is 11.7 Å². The highest BCUT2D eigenvalue weighted by Crippen LogP contribution is 2.35. The molecule has 31 heavy (non-hydrogen) atoms. The Morgan fingerprint density at radius 1 is 1.23 bits per heavy atom. The third-order valence-corrected chi connectivity index (χ3v) is 7.06. The van der Waals surface area contributed by atoms with Gasteiger partial charge in [-0.15, -0.1) is 16.9 Å². The first-order valence-electron chi connectivity index (χ1n) is 10.5. The molecule has 1 fully saturated rings. The Kier molecular flexibility index (Phi) is 5.81. The van der Waals surface area contributed by atoms with Crippen LogP contribution in [0.1, 0.15) is 43.2 Å². The number of nitrogen functional groups attached to an aromatic ring is 1. The highest BCUT2D eigenvalue weighted by Gasteiger charge is 2.29. The molecule has 1 aliphatic carbocycles. The van der Waals surface area contributed by atoms with Crippen LogP contribution >= 0.6 is 11.3 Å². The van der Waals surface area contributed by atoms with Gasteiger partial charge in [0.25, 0.3) is 0 Å². The molecule has 3 N–H and O–H groups in total. The summed E-state index contributed by atoms with van der Waals surface area (Å²) in [5, 5.41) is 5.56. The van der Waals surface area contributed by atoms with Crippen LogP contribution in [-0.4, -0.2) is 38.5 Å². The van der Waals surface area contributed by atoms with Crippen LogP contribution in [-0.2, 0) is 4.79 Å². The maximum absolute atomic E-state index is 12.6. The number of anilines is 2. The van der Waals surface area contributed by atoms with Crippen LogP contribution in [0.2, 0.25) is 19.6 Å². The van der Waals surface area contributed by atoms with Crippen molar-refractivity contribution in [3.63, 3.8) is 0 Å². The van der Waals surface area contributed by atoms with E-state index in [1.54, 1.807) is 6.33 Å². The molecule has 0 unspecified atom stereocenters. The molecule has 0 atom stereocenters. The van der Waals surface area contributed by atoms with E-state index in [0.717, 1.165) is 37.0 Å². The first-order valence-corrected chi connectivity index (χ1v) is 14.8. The van der Waals surface area contributed by atoms with Gasteiger partial charge in [0.2, 0.25) is 11.7 Å². The van der Waals surface area contributed by atoms with Crippen LogP contribution in [0, 0.1) is 24.3 Å². The minimum absolute atomic E-state index is 0.00638. The average Bonchev–Trinajstić information content (AvgIpc) is 3.32. The minimum atomic E-state index is -1.55. The molecule has 162 valence electrons. The molecule has 8 nitrogen and oxygen atoms in total. The molecule has 10 heteroatoms. The number of hydrogen-bond donors (Lipinski definition) is 2. The summed E-state index contributed by atoms with van der Waals surface area (Å²) in [6, 6.07) is 0.225. The van der Waals surface area contributed by atoms with Gasteiger partial charge in [-0.1, -0.05) is 19.6 Å². The molecule has 1 aliphatic rings. The van der Waals surface area contributed by atoms with E-state index in [0.29, 0.717) is 22.3 Å². The Morgan fingerprint density at radius 3 is 2.61 bits per heavy atom. The molecule has 4 rings (SSSR count). The van der Waals surface area contributed by atoms with Gasteiger partial charge in [0.15, 0.2) is 16.6 Å². The predicted octanol–water partition coefficient (Wildman–Crippen LogP) is 3.77. The molecular formula is C21H27N7OSSi. The third-order valence-electron chi connectivity index (χ3n) is 5.31. The quantitative estimate of drug-likeness (QED) is 0.461. The molecule has 3 aromatic heterocycles. The summed E-state index contributed by atoms with van der Waals surface area (Å²) in [4.78, 5) is 30.4. The predicted molar refractivity (Wildman–Crippen MR) is 126 cm³/mol. The van der Waals surface area contributed by atoms with E-state index >= 15 is 0 Å². The average molecular weight is 454 g/mol. The summed E-state index contributed by atoms with van der Waals surface area (Å²) >= 11 is 1.46. The summed E-state index contributed by atoms with van der Waals surface area (Å²) in [5.74, 6) is 3.95. The number of amides is 1. The molecule has 0 aromatic carbocycles. The van der Waals surface area contributed by atoms with Crippen LogP contribution in [0.4, 0.5) is 10.9 Å². The second-order valence-corrected chi connectivity index (χ2v) is 14.7. The highest BCUT2D eigenvalue weighted by atomic mass is 32.1. The Labute approximate surface area is 186 Å². The standard InChI is InChI=1S/C21H27N7OSSi/c1-13-11-30-21(24-13)27-20(29)14-5-7-15(8-6-14)28-12-23-17-18(22)25-16(26-19(17)28)9-10-31(2,3)4/h11-12,14-15H,5-8H2,1-4H3,(H2,22,25,26)(H,24,27,29). The largest absolute Gasteiger partial charge is 0.382 e. The Morgan fingerprint density at radius 2 is 1.97 bits per heavy atom. The normalized spacial score (nSPS) is 19.1. The summed E-state index contributed by atoms with van der Waals surface area (Å²) in [7, 11) is -1.55. The Hall–Kier alpha value is -2.77. The summed E-state index contributed by atoms with van der Waals surface area (Å²) < 4.78 is 2.07. The van der Waals surface area contributed by atoms with E-state index in [4.69, 9.17) is 5.73 Å². The zero-order valence-electron chi connectivity index (χ0n) is 18.3. The van der Waals surface area contributed by atoms with Crippen molar-refractivity contribution in [1.82, 2.24) is 24.5 Å². The number of fused-ring (bicyclic) bond motifs is 1. The van der Waals surface area contributed by atoms with Gasteiger partial charge < -0.3 is 15.6 Å². The first kappa shape index (κ1) is 21.5. The fourth-order valence-electron chi connectivity index (χ4n) is 3.74. The van der Waals surface area contributed by atoms with Crippen molar-refractivity contribution in [3.05, 3.63) is 23.2 Å². The molecule has 3 heterocycles. The second-order valence-electron chi connectivity index (χ2n) is 9.05. The number of nitrogens with two attached hydrogens (primary N) is 1. The van der Waals surface area contributed by atoms with Crippen molar-refractivity contribution in [2.24, 2.45) is 5.92 Å². The Bertz CT molecular complexity index is 1180. The molecule has 0 radical (unpaired) electrons. The van der Waals surface area contributed by atoms with Gasteiger partial charge in [0.1, 0.15) is 13.6 Å². The smallest absolute Gasteiger partial charge is 0.229 e. The number of nitrogens with one attached hydrogen (secondary N) is 1. The zero-order chi connectivity index (χ0) is 22.2. The van der Waals surface area contributed by atoms with E-state index in [9.17, 15) is 4.79 Å². The third kappa shape index (κ3) is 4.94. The van der Waals surface area contributed by atoms with Gasteiger partial charge in [-0.2, -0.15) is 0 Å². The van der Waals surface area contributed by atoms with Crippen LogP contribution < -0.4 is 11.1 Å². The summed E-state index contributed by atoms with van der Waals surface area (Å²) in [6.07, 6.45) is 5.15.